The minimum atomic E-state index is 0.242. The first-order valence-corrected chi connectivity index (χ1v) is 7.11. The molecule has 1 aromatic heterocycles. The number of nitrogens with zero attached hydrogens (tertiary/aromatic N) is 3. The molecule has 4 nitrogen and oxygen atoms in total. The molecule has 1 atom stereocenters. The summed E-state index contributed by atoms with van der Waals surface area (Å²) in [6.07, 6.45) is 5.00. The minimum absolute atomic E-state index is 0.242. The van der Waals surface area contributed by atoms with Crippen molar-refractivity contribution in [2.24, 2.45) is 12.8 Å². The lowest BCUT2D eigenvalue weighted by Crippen LogP contribution is -2.30. The zero-order valence-corrected chi connectivity index (χ0v) is 12.6. The van der Waals surface area contributed by atoms with Crippen molar-refractivity contribution in [1.82, 2.24) is 14.7 Å². The molecule has 2 aromatic rings. The van der Waals surface area contributed by atoms with Crippen LogP contribution >= 0.6 is 0 Å². The normalized spacial score (nSPS) is 12.8. The average molecular weight is 272 g/mol. The van der Waals surface area contributed by atoms with Crippen LogP contribution in [0.15, 0.2) is 36.7 Å². The summed E-state index contributed by atoms with van der Waals surface area (Å²) in [5, 5.41) is 4.22. The Hall–Kier alpha value is -1.65. The van der Waals surface area contributed by atoms with Crippen molar-refractivity contribution < 1.29 is 0 Å². The van der Waals surface area contributed by atoms with Crippen molar-refractivity contribution in [1.29, 1.82) is 0 Å². The summed E-state index contributed by atoms with van der Waals surface area (Å²) in [6, 6.07) is 8.81. The molecule has 1 unspecified atom stereocenters. The number of aryl methyl sites for hydroxylation is 2. The molecule has 2 N–H and O–H groups in total. The SMILES string of the molecule is CCc1ccccc1C(CN)N(C)Cc1cnn(C)c1. The number of rotatable bonds is 6. The van der Waals surface area contributed by atoms with Crippen LogP contribution in [-0.4, -0.2) is 28.3 Å². The fourth-order valence-corrected chi connectivity index (χ4v) is 2.68. The maximum Gasteiger partial charge on any atom is 0.0534 e. The van der Waals surface area contributed by atoms with Gasteiger partial charge in [0, 0.05) is 37.9 Å². The highest BCUT2D eigenvalue weighted by Crippen LogP contribution is 2.24. The Morgan fingerprint density at radius 1 is 1.35 bits per heavy atom. The molecule has 0 bridgehead atoms. The van der Waals surface area contributed by atoms with Gasteiger partial charge < -0.3 is 5.73 Å². The van der Waals surface area contributed by atoms with Crippen molar-refractivity contribution in [3.63, 3.8) is 0 Å². The lowest BCUT2D eigenvalue weighted by Gasteiger charge is -2.28. The van der Waals surface area contributed by atoms with Crippen LogP contribution in [0.3, 0.4) is 0 Å². The Bertz CT molecular complexity index is 547. The second kappa shape index (κ2) is 6.68. The largest absolute Gasteiger partial charge is 0.329 e. The van der Waals surface area contributed by atoms with Crippen LogP contribution < -0.4 is 5.73 Å². The smallest absolute Gasteiger partial charge is 0.0534 e. The highest BCUT2D eigenvalue weighted by Gasteiger charge is 2.18. The van der Waals surface area contributed by atoms with E-state index in [1.165, 1.54) is 16.7 Å². The summed E-state index contributed by atoms with van der Waals surface area (Å²) < 4.78 is 1.83. The van der Waals surface area contributed by atoms with Gasteiger partial charge in [-0.3, -0.25) is 9.58 Å². The number of nitrogens with two attached hydrogens (primary N) is 1. The van der Waals surface area contributed by atoms with Gasteiger partial charge in [0.2, 0.25) is 0 Å². The molecule has 0 radical (unpaired) electrons. The number of benzene rings is 1. The second-order valence-electron chi connectivity index (χ2n) is 5.24. The molecule has 0 saturated heterocycles. The van der Waals surface area contributed by atoms with Crippen LogP contribution in [0.4, 0.5) is 0 Å². The Balaban J connectivity index is 2.18. The minimum Gasteiger partial charge on any atom is -0.329 e. The molecular weight excluding hydrogens is 248 g/mol. The fourth-order valence-electron chi connectivity index (χ4n) is 2.68. The van der Waals surface area contributed by atoms with Crippen LogP contribution in [0.5, 0.6) is 0 Å². The zero-order chi connectivity index (χ0) is 14.5. The zero-order valence-electron chi connectivity index (χ0n) is 12.6. The highest BCUT2D eigenvalue weighted by atomic mass is 15.2. The second-order valence-corrected chi connectivity index (χ2v) is 5.24. The summed E-state index contributed by atoms with van der Waals surface area (Å²) in [5.41, 5.74) is 9.95. The van der Waals surface area contributed by atoms with E-state index in [1.54, 1.807) is 0 Å². The van der Waals surface area contributed by atoms with E-state index in [0.29, 0.717) is 6.54 Å². The van der Waals surface area contributed by atoms with Crippen molar-refractivity contribution in [2.75, 3.05) is 13.6 Å². The third kappa shape index (κ3) is 3.26. The van der Waals surface area contributed by atoms with Gasteiger partial charge in [0.25, 0.3) is 0 Å². The number of hydrogen-bond acceptors (Lipinski definition) is 3. The Kier molecular flexibility index (Phi) is 4.93. The van der Waals surface area contributed by atoms with E-state index in [2.05, 4.69) is 54.4 Å². The van der Waals surface area contributed by atoms with E-state index in [1.807, 2.05) is 17.9 Å². The fraction of sp³-hybridized carbons (Fsp3) is 0.438. The van der Waals surface area contributed by atoms with Gasteiger partial charge in [-0.2, -0.15) is 5.10 Å². The summed E-state index contributed by atoms with van der Waals surface area (Å²) in [6.45, 7) is 3.66. The summed E-state index contributed by atoms with van der Waals surface area (Å²) >= 11 is 0. The van der Waals surface area contributed by atoms with Gasteiger partial charge in [-0.15, -0.1) is 0 Å². The molecule has 4 heteroatoms. The maximum atomic E-state index is 6.03. The molecule has 0 fully saturated rings. The number of likely N-dealkylation sites (N-methyl/N-ethyl adjacent to an activating group) is 1. The van der Waals surface area contributed by atoms with E-state index in [-0.39, 0.29) is 6.04 Å². The van der Waals surface area contributed by atoms with E-state index in [9.17, 15) is 0 Å². The Labute approximate surface area is 121 Å². The monoisotopic (exact) mass is 272 g/mol. The van der Waals surface area contributed by atoms with Gasteiger partial charge in [0.15, 0.2) is 0 Å². The van der Waals surface area contributed by atoms with Gasteiger partial charge >= 0.3 is 0 Å². The van der Waals surface area contributed by atoms with Crippen molar-refractivity contribution in [2.45, 2.75) is 25.9 Å². The molecule has 108 valence electrons. The molecule has 0 amide bonds. The topological polar surface area (TPSA) is 47.1 Å². The standard InChI is InChI=1S/C16H24N4/c1-4-14-7-5-6-8-15(14)16(9-17)19(2)11-13-10-18-20(3)12-13/h5-8,10,12,16H,4,9,11,17H2,1-3H3. The first-order chi connectivity index (χ1) is 9.65. The molecule has 1 heterocycles. The highest BCUT2D eigenvalue weighted by molar-refractivity contribution is 5.30. The molecule has 20 heavy (non-hydrogen) atoms. The predicted octanol–water partition coefficient (Wildman–Crippen LogP) is 2.11. The average Bonchev–Trinajstić information content (AvgIpc) is 2.85. The molecule has 2 rings (SSSR count). The Morgan fingerprint density at radius 2 is 2.10 bits per heavy atom. The number of hydrogen-bond donors (Lipinski definition) is 1. The van der Waals surface area contributed by atoms with E-state index < -0.39 is 0 Å². The molecule has 0 spiro atoms. The first kappa shape index (κ1) is 14.8. The van der Waals surface area contributed by atoms with Gasteiger partial charge in [0.1, 0.15) is 0 Å². The van der Waals surface area contributed by atoms with Gasteiger partial charge in [-0.1, -0.05) is 31.2 Å². The first-order valence-electron chi connectivity index (χ1n) is 7.11. The van der Waals surface area contributed by atoms with Crippen molar-refractivity contribution >= 4 is 0 Å². The van der Waals surface area contributed by atoms with E-state index in [4.69, 9.17) is 5.73 Å². The van der Waals surface area contributed by atoms with Crippen molar-refractivity contribution in [3.05, 3.63) is 53.3 Å². The molecule has 0 aliphatic rings. The van der Waals surface area contributed by atoms with Gasteiger partial charge in [0.05, 0.1) is 6.20 Å². The number of aromatic nitrogens is 2. The predicted molar refractivity (Wildman–Crippen MR) is 82.3 cm³/mol. The van der Waals surface area contributed by atoms with Crippen LogP contribution in [0, 0.1) is 0 Å². The molecule has 1 aromatic carbocycles. The van der Waals surface area contributed by atoms with Gasteiger partial charge in [-0.05, 0) is 24.6 Å². The van der Waals surface area contributed by atoms with E-state index >= 15 is 0 Å². The van der Waals surface area contributed by atoms with E-state index in [0.717, 1.165) is 13.0 Å². The van der Waals surface area contributed by atoms with Crippen LogP contribution in [0.2, 0.25) is 0 Å². The summed E-state index contributed by atoms with van der Waals surface area (Å²) in [7, 11) is 4.06. The maximum absolute atomic E-state index is 6.03. The third-order valence-electron chi connectivity index (χ3n) is 3.74. The molecule has 0 aliphatic heterocycles. The summed E-state index contributed by atoms with van der Waals surface area (Å²) in [5.74, 6) is 0. The van der Waals surface area contributed by atoms with Crippen LogP contribution in [-0.2, 0) is 20.0 Å². The lowest BCUT2D eigenvalue weighted by molar-refractivity contribution is 0.241. The van der Waals surface area contributed by atoms with Gasteiger partial charge in [-0.25, -0.2) is 0 Å². The third-order valence-corrected chi connectivity index (χ3v) is 3.74. The van der Waals surface area contributed by atoms with Crippen LogP contribution in [0.25, 0.3) is 0 Å². The lowest BCUT2D eigenvalue weighted by atomic mass is 9.97. The quantitative estimate of drug-likeness (QED) is 0.876. The molecular formula is C16H24N4. The van der Waals surface area contributed by atoms with Crippen molar-refractivity contribution in [3.8, 4) is 0 Å². The Morgan fingerprint density at radius 3 is 2.70 bits per heavy atom. The van der Waals surface area contributed by atoms with Crippen LogP contribution in [0.1, 0.15) is 29.7 Å². The summed E-state index contributed by atoms with van der Waals surface area (Å²) in [4.78, 5) is 2.30. The molecule has 0 saturated carbocycles. The molecule has 0 aliphatic carbocycles.